The van der Waals surface area contributed by atoms with Gasteiger partial charge in [-0.05, 0) is 51.0 Å². The number of benzene rings is 1. The summed E-state index contributed by atoms with van der Waals surface area (Å²) in [6.07, 6.45) is 0.612. The van der Waals surface area contributed by atoms with Crippen LogP contribution in [0.2, 0.25) is 0 Å². The zero-order chi connectivity index (χ0) is 18.4. The Morgan fingerprint density at radius 1 is 1.20 bits per heavy atom. The number of ether oxygens (including phenoxy) is 1. The summed E-state index contributed by atoms with van der Waals surface area (Å²) in [5.41, 5.74) is 2.99. The van der Waals surface area contributed by atoms with E-state index in [9.17, 15) is 9.59 Å². The van der Waals surface area contributed by atoms with Gasteiger partial charge in [-0.1, -0.05) is 0 Å². The molecule has 6 heteroatoms. The molecule has 1 aliphatic carbocycles. The SMILES string of the molecule is CCN(CC)c1ccc(NC(=O)C2CC2C(=O)NCCOC)c(C)c1. The number of hydrogen-bond acceptors (Lipinski definition) is 4. The maximum absolute atomic E-state index is 12.4. The molecule has 0 saturated heterocycles. The van der Waals surface area contributed by atoms with Crippen LogP contribution in [0, 0.1) is 18.8 Å². The summed E-state index contributed by atoms with van der Waals surface area (Å²) in [7, 11) is 1.59. The van der Waals surface area contributed by atoms with Gasteiger partial charge in [0.25, 0.3) is 0 Å². The Hall–Kier alpha value is -2.08. The van der Waals surface area contributed by atoms with E-state index >= 15 is 0 Å². The molecule has 0 spiro atoms. The zero-order valence-electron chi connectivity index (χ0n) is 15.6. The summed E-state index contributed by atoms with van der Waals surface area (Å²) in [6, 6.07) is 6.05. The molecule has 0 bridgehead atoms. The second-order valence-electron chi connectivity index (χ2n) is 6.39. The average Bonchev–Trinajstić information content (AvgIpc) is 3.39. The summed E-state index contributed by atoms with van der Waals surface area (Å²) in [4.78, 5) is 26.6. The Morgan fingerprint density at radius 2 is 1.88 bits per heavy atom. The van der Waals surface area contributed by atoms with Gasteiger partial charge in [0.1, 0.15) is 0 Å². The lowest BCUT2D eigenvalue weighted by molar-refractivity contribution is -0.125. The van der Waals surface area contributed by atoms with Crippen molar-refractivity contribution in [1.82, 2.24) is 5.32 Å². The van der Waals surface area contributed by atoms with Crippen LogP contribution in [0.5, 0.6) is 0 Å². The van der Waals surface area contributed by atoms with Gasteiger partial charge in [0.2, 0.25) is 11.8 Å². The maximum atomic E-state index is 12.4. The van der Waals surface area contributed by atoms with Crippen LogP contribution in [0.15, 0.2) is 18.2 Å². The van der Waals surface area contributed by atoms with Gasteiger partial charge in [0, 0.05) is 38.1 Å². The molecule has 1 aliphatic rings. The number of nitrogens with zero attached hydrogens (tertiary/aromatic N) is 1. The van der Waals surface area contributed by atoms with Crippen molar-refractivity contribution < 1.29 is 14.3 Å². The standard InChI is InChI=1S/C19H29N3O3/c1-5-22(6-2)14-7-8-17(13(3)11-14)21-19(24)16-12-15(16)18(23)20-9-10-25-4/h7-8,11,15-16H,5-6,9-10,12H2,1-4H3,(H,20,23)(H,21,24). The number of aryl methyl sites for hydroxylation is 1. The Bertz CT molecular complexity index is 614. The Balaban J connectivity index is 1.90. The first-order chi connectivity index (χ1) is 12.0. The van der Waals surface area contributed by atoms with E-state index in [1.54, 1.807) is 7.11 Å². The molecule has 138 valence electrons. The monoisotopic (exact) mass is 347 g/mol. The third-order valence-corrected chi connectivity index (χ3v) is 4.67. The van der Waals surface area contributed by atoms with E-state index in [0.717, 1.165) is 30.0 Å². The van der Waals surface area contributed by atoms with Crippen LogP contribution >= 0.6 is 0 Å². The van der Waals surface area contributed by atoms with Crippen molar-refractivity contribution in [3.63, 3.8) is 0 Å². The number of methoxy groups -OCH3 is 1. The number of nitrogens with one attached hydrogen (secondary N) is 2. The molecule has 1 saturated carbocycles. The molecule has 6 nitrogen and oxygen atoms in total. The van der Waals surface area contributed by atoms with E-state index < -0.39 is 0 Å². The molecule has 1 fully saturated rings. The molecule has 0 aliphatic heterocycles. The quantitative estimate of drug-likeness (QED) is 0.672. The van der Waals surface area contributed by atoms with Crippen molar-refractivity contribution in [2.75, 3.05) is 43.6 Å². The molecule has 25 heavy (non-hydrogen) atoms. The smallest absolute Gasteiger partial charge is 0.228 e. The highest BCUT2D eigenvalue weighted by atomic mass is 16.5. The predicted octanol–water partition coefficient (Wildman–Crippen LogP) is 2.18. The first-order valence-corrected chi connectivity index (χ1v) is 8.94. The van der Waals surface area contributed by atoms with Crippen molar-refractivity contribution in [2.45, 2.75) is 27.2 Å². The van der Waals surface area contributed by atoms with Gasteiger partial charge in [-0.15, -0.1) is 0 Å². The van der Waals surface area contributed by atoms with Gasteiger partial charge in [-0.3, -0.25) is 9.59 Å². The topological polar surface area (TPSA) is 70.7 Å². The van der Waals surface area contributed by atoms with E-state index in [-0.39, 0.29) is 23.7 Å². The maximum Gasteiger partial charge on any atom is 0.228 e. The third-order valence-electron chi connectivity index (χ3n) is 4.67. The second-order valence-corrected chi connectivity index (χ2v) is 6.39. The van der Waals surface area contributed by atoms with Crippen LogP contribution < -0.4 is 15.5 Å². The van der Waals surface area contributed by atoms with Crippen LogP contribution in [0.4, 0.5) is 11.4 Å². The zero-order valence-corrected chi connectivity index (χ0v) is 15.6. The minimum atomic E-state index is -0.232. The minimum Gasteiger partial charge on any atom is -0.383 e. The fourth-order valence-electron chi connectivity index (χ4n) is 2.98. The van der Waals surface area contributed by atoms with Crippen LogP contribution in [0.3, 0.4) is 0 Å². The second kappa shape index (κ2) is 8.85. The normalized spacial score (nSPS) is 18.6. The Kier molecular flexibility index (Phi) is 6.82. The molecular weight excluding hydrogens is 318 g/mol. The van der Waals surface area contributed by atoms with Crippen molar-refractivity contribution in [3.05, 3.63) is 23.8 Å². The Labute approximate surface area is 149 Å². The van der Waals surface area contributed by atoms with E-state index in [2.05, 4.69) is 35.4 Å². The highest BCUT2D eigenvalue weighted by molar-refractivity contribution is 6.00. The molecule has 0 radical (unpaired) electrons. The van der Waals surface area contributed by atoms with Gasteiger partial charge < -0.3 is 20.3 Å². The molecule has 2 N–H and O–H groups in total. The van der Waals surface area contributed by atoms with E-state index in [1.807, 2.05) is 19.1 Å². The number of carbonyl (C=O) groups excluding carboxylic acids is 2. The van der Waals surface area contributed by atoms with Crippen LogP contribution in [0.25, 0.3) is 0 Å². The third kappa shape index (κ3) is 4.95. The van der Waals surface area contributed by atoms with Crippen molar-refractivity contribution in [2.24, 2.45) is 11.8 Å². The van der Waals surface area contributed by atoms with Gasteiger partial charge in [0.15, 0.2) is 0 Å². The summed E-state index contributed by atoms with van der Waals surface area (Å²) in [5, 5.41) is 5.75. The average molecular weight is 347 g/mol. The van der Waals surface area contributed by atoms with Gasteiger partial charge in [-0.25, -0.2) is 0 Å². The lowest BCUT2D eigenvalue weighted by Gasteiger charge is -2.22. The fraction of sp³-hybridized carbons (Fsp3) is 0.579. The summed E-state index contributed by atoms with van der Waals surface area (Å²) >= 11 is 0. The van der Waals surface area contributed by atoms with E-state index in [1.165, 1.54) is 0 Å². The highest BCUT2D eigenvalue weighted by Crippen LogP contribution is 2.39. The lowest BCUT2D eigenvalue weighted by Crippen LogP contribution is -2.30. The van der Waals surface area contributed by atoms with Crippen LogP contribution in [0.1, 0.15) is 25.8 Å². The van der Waals surface area contributed by atoms with Gasteiger partial charge in [-0.2, -0.15) is 0 Å². The highest BCUT2D eigenvalue weighted by Gasteiger charge is 2.47. The summed E-state index contributed by atoms with van der Waals surface area (Å²) < 4.78 is 4.90. The van der Waals surface area contributed by atoms with Gasteiger partial charge in [0.05, 0.1) is 18.4 Å². The first kappa shape index (κ1) is 19.2. The first-order valence-electron chi connectivity index (χ1n) is 8.94. The molecule has 2 unspecified atom stereocenters. The fourth-order valence-corrected chi connectivity index (χ4v) is 2.98. The molecule has 2 amide bonds. The van der Waals surface area contributed by atoms with Crippen LogP contribution in [-0.4, -0.2) is 45.2 Å². The number of rotatable bonds is 9. The van der Waals surface area contributed by atoms with Crippen molar-refractivity contribution in [1.29, 1.82) is 0 Å². The van der Waals surface area contributed by atoms with E-state index in [0.29, 0.717) is 19.6 Å². The van der Waals surface area contributed by atoms with Crippen molar-refractivity contribution >= 4 is 23.2 Å². The van der Waals surface area contributed by atoms with Gasteiger partial charge >= 0.3 is 0 Å². The van der Waals surface area contributed by atoms with E-state index in [4.69, 9.17) is 4.74 Å². The predicted molar refractivity (Wildman–Crippen MR) is 99.9 cm³/mol. The molecule has 2 rings (SSSR count). The molecule has 0 heterocycles. The molecule has 2 atom stereocenters. The number of hydrogen-bond donors (Lipinski definition) is 2. The molecule has 1 aromatic carbocycles. The molecule has 1 aromatic rings. The largest absolute Gasteiger partial charge is 0.383 e. The minimum absolute atomic E-state index is 0.0641. The Morgan fingerprint density at radius 3 is 2.48 bits per heavy atom. The van der Waals surface area contributed by atoms with Crippen molar-refractivity contribution in [3.8, 4) is 0 Å². The molecular formula is C19H29N3O3. The number of carbonyl (C=O) groups is 2. The number of amides is 2. The lowest BCUT2D eigenvalue weighted by atomic mass is 10.1. The molecule has 0 aromatic heterocycles. The summed E-state index contributed by atoms with van der Waals surface area (Å²) in [6.45, 7) is 9.09. The number of anilines is 2. The van der Waals surface area contributed by atoms with Crippen LogP contribution in [-0.2, 0) is 14.3 Å². The summed E-state index contributed by atoms with van der Waals surface area (Å²) in [5.74, 6) is -0.590.